The zero-order valence-corrected chi connectivity index (χ0v) is 9.22. The average Bonchev–Trinajstić information content (AvgIpc) is 2.91. The highest BCUT2D eigenvalue weighted by atomic mass is 35.5. The third-order valence-corrected chi connectivity index (χ3v) is 3.34. The Balaban J connectivity index is 2.10. The van der Waals surface area contributed by atoms with Gasteiger partial charge < -0.3 is 0 Å². The molecule has 1 nitrogen and oxygen atoms in total. The van der Waals surface area contributed by atoms with Crippen molar-refractivity contribution < 1.29 is 9.18 Å². The van der Waals surface area contributed by atoms with Gasteiger partial charge in [-0.25, -0.2) is 4.39 Å². The molecule has 3 heteroatoms. The Bertz CT molecular complexity index is 403. The predicted octanol–water partition coefficient (Wildman–Crippen LogP) is 3.25. The lowest BCUT2D eigenvalue weighted by atomic mass is 10.1. The molecule has 1 aromatic rings. The zero-order valence-electron chi connectivity index (χ0n) is 8.47. The second-order valence-electron chi connectivity index (χ2n) is 4.18. The van der Waals surface area contributed by atoms with Gasteiger partial charge in [0.2, 0.25) is 0 Å². The van der Waals surface area contributed by atoms with Crippen molar-refractivity contribution >= 4 is 17.4 Å². The molecular formula is C12H12ClFO. The van der Waals surface area contributed by atoms with Crippen LogP contribution in [0.15, 0.2) is 18.2 Å². The van der Waals surface area contributed by atoms with E-state index < -0.39 is 5.82 Å². The third-order valence-electron chi connectivity index (χ3n) is 2.92. The minimum atomic E-state index is -0.453. The third kappa shape index (κ3) is 2.20. The molecule has 0 heterocycles. The van der Waals surface area contributed by atoms with Crippen molar-refractivity contribution in [3.8, 4) is 0 Å². The van der Waals surface area contributed by atoms with E-state index in [9.17, 15) is 9.18 Å². The van der Waals surface area contributed by atoms with Gasteiger partial charge in [-0.15, -0.1) is 0 Å². The van der Waals surface area contributed by atoms with Gasteiger partial charge in [0, 0.05) is 12.3 Å². The minimum Gasteiger partial charge on any atom is -0.299 e. The molecule has 0 saturated heterocycles. The summed E-state index contributed by atoms with van der Waals surface area (Å²) < 4.78 is 13.1. The fraction of sp³-hybridized carbons (Fsp3) is 0.417. The van der Waals surface area contributed by atoms with Crippen molar-refractivity contribution in [1.82, 2.24) is 0 Å². The van der Waals surface area contributed by atoms with Crippen molar-refractivity contribution in [2.75, 3.05) is 0 Å². The number of Topliss-reactive ketones (excluding diaryl/α,β-unsaturated/α-hetero) is 1. The monoisotopic (exact) mass is 226 g/mol. The summed E-state index contributed by atoms with van der Waals surface area (Å²) in [6, 6.07) is 4.59. The van der Waals surface area contributed by atoms with Gasteiger partial charge >= 0.3 is 0 Å². The van der Waals surface area contributed by atoms with Gasteiger partial charge in [0.1, 0.15) is 11.6 Å². The van der Waals surface area contributed by atoms with Crippen LogP contribution in [0.25, 0.3) is 0 Å². The lowest BCUT2D eigenvalue weighted by Gasteiger charge is -2.03. The van der Waals surface area contributed by atoms with Gasteiger partial charge in [0.25, 0.3) is 0 Å². The Hall–Kier alpha value is -0.890. The maximum Gasteiger partial charge on any atom is 0.142 e. The Morgan fingerprint density at radius 1 is 1.60 bits per heavy atom. The number of ketones is 1. The first-order chi connectivity index (χ1) is 7.09. The van der Waals surface area contributed by atoms with E-state index in [0.717, 1.165) is 6.42 Å². The van der Waals surface area contributed by atoms with E-state index in [1.165, 1.54) is 6.07 Å². The molecule has 1 saturated carbocycles. The first kappa shape index (κ1) is 10.6. The maximum absolute atomic E-state index is 13.1. The molecule has 80 valence electrons. The van der Waals surface area contributed by atoms with Crippen molar-refractivity contribution in [2.45, 2.75) is 19.8 Å². The smallest absolute Gasteiger partial charge is 0.142 e. The zero-order chi connectivity index (χ0) is 11.0. The number of hydrogen-bond acceptors (Lipinski definition) is 1. The van der Waals surface area contributed by atoms with Gasteiger partial charge in [-0.05, 0) is 24.0 Å². The predicted molar refractivity (Wildman–Crippen MR) is 57.4 cm³/mol. The number of carbonyl (C=O) groups excluding carboxylic acids is 1. The first-order valence-electron chi connectivity index (χ1n) is 5.05. The topological polar surface area (TPSA) is 17.1 Å². The minimum absolute atomic E-state index is 0.0825. The molecular weight excluding hydrogens is 215 g/mol. The van der Waals surface area contributed by atoms with Gasteiger partial charge in [-0.1, -0.05) is 30.7 Å². The lowest BCUT2D eigenvalue weighted by Crippen LogP contribution is -2.06. The molecule has 0 aliphatic heterocycles. The average molecular weight is 227 g/mol. The number of halogens is 2. The highest BCUT2D eigenvalue weighted by Crippen LogP contribution is 2.39. The van der Waals surface area contributed by atoms with E-state index in [-0.39, 0.29) is 23.1 Å². The summed E-state index contributed by atoms with van der Waals surface area (Å²) in [5.74, 6) is 0.384. The van der Waals surface area contributed by atoms with Crippen LogP contribution < -0.4 is 0 Å². The SMILES string of the molecule is CC1CC1C(=O)Cc1cccc(F)c1Cl. The van der Waals surface area contributed by atoms with Gasteiger partial charge in [-0.2, -0.15) is 0 Å². The number of hydrogen-bond donors (Lipinski definition) is 0. The van der Waals surface area contributed by atoms with Crippen LogP contribution in [0.2, 0.25) is 5.02 Å². The number of benzene rings is 1. The summed E-state index contributed by atoms with van der Waals surface area (Å²) >= 11 is 5.77. The standard InChI is InChI=1S/C12H12ClFO/c1-7-5-9(7)11(15)6-8-3-2-4-10(14)12(8)13/h2-4,7,9H,5-6H2,1H3. The molecule has 0 N–H and O–H groups in total. The normalized spacial score (nSPS) is 23.9. The lowest BCUT2D eigenvalue weighted by molar-refractivity contribution is -0.119. The highest BCUT2D eigenvalue weighted by Gasteiger charge is 2.38. The van der Waals surface area contributed by atoms with Gasteiger partial charge in [0.15, 0.2) is 0 Å². The number of rotatable bonds is 3. The first-order valence-corrected chi connectivity index (χ1v) is 5.43. The summed E-state index contributed by atoms with van der Waals surface area (Å²) in [7, 11) is 0. The van der Waals surface area contributed by atoms with Crippen molar-refractivity contribution in [1.29, 1.82) is 0 Å². The number of carbonyl (C=O) groups is 1. The van der Waals surface area contributed by atoms with E-state index in [2.05, 4.69) is 6.92 Å². The van der Waals surface area contributed by atoms with Crippen molar-refractivity contribution in [3.05, 3.63) is 34.6 Å². The van der Waals surface area contributed by atoms with Crippen LogP contribution in [-0.2, 0) is 11.2 Å². The molecule has 0 bridgehead atoms. The molecule has 1 aromatic carbocycles. The van der Waals surface area contributed by atoms with Crippen molar-refractivity contribution in [3.63, 3.8) is 0 Å². The fourth-order valence-electron chi connectivity index (χ4n) is 1.77. The highest BCUT2D eigenvalue weighted by molar-refractivity contribution is 6.31. The largest absolute Gasteiger partial charge is 0.299 e. The van der Waals surface area contributed by atoms with Crippen LogP contribution in [0.4, 0.5) is 4.39 Å². The van der Waals surface area contributed by atoms with Crippen LogP contribution in [0.3, 0.4) is 0 Å². The Kier molecular flexibility index (Phi) is 2.79. The quantitative estimate of drug-likeness (QED) is 0.773. The van der Waals surface area contributed by atoms with Crippen LogP contribution >= 0.6 is 11.6 Å². The Labute approximate surface area is 93.2 Å². The Morgan fingerprint density at radius 3 is 2.87 bits per heavy atom. The second kappa shape index (κ2) is 3.93. The fourth-order valence-corrected chi connectivity index (χ4v) is 1.97. The van der Waals surface area contributed by atoms with Crippen LogP contribution in [0, 0.1) is 17.7 Å². The summed E-state index contributed by atoms with van der Waals surface area (Å²) in [6.45, 7) is 2.05. The van der Waals surface area contributed by atoms with E-state index >= 15 is 0 Å². The summed E-state index contributed by atoms with van der Waals surface area (Å²) in [5, 5.41) is 0.0825. The maximum atomic E-state index is 13.1. The molecule has 1 fully saturated rings. The molecule has 0 amide bonds. The van der Waals surface area contributed by atoms with Crippen molar-refractivity contribution in [2.24, 2.45) is 11.8 Å². The summed E-state index contributed by atoms with van der Waals surface area (Å²) in [6.07, 6.45) is 1.22. The van der Waals surface area contributed by atoms with Crippen LogP contribution in [-0.4, -0.2) is 5.78 Å². The van der Waals surface area contributed by atoms with E-state index in [1.54, 1.807) is 12.1 Å². The molecule has 2 unspecified atom stereocenters. The van der Waals surface area contributed by atoms with Gasteiger partial charge in [-0.3, -0.25) is 4.79 Å². The molecule has 15 heavy (non-hydrogen) atoms. The van der Waals surface area contributed by atoms with E-state index in [0.29, 0.717) is 11.5 Å². The van der Waals surface area contributed by atoms with Gasteiger partial charge in [0.05, 0.1) is 5.02 Å². The molecule has 0 spiro atoms. The molecule has 0 aromatic heterocycles. The van der Waals surface area contributed by atoms with Crippen LogP contribution in [0.5, 0.6) is 0 Å². The molecule has 0 radical (unpaired) electrons. The Morgan fingerprint density at radius 2 is 2.27 bits per heavy atom. The molecule has 2 atom stereocenters. The second-order valence-corrected chi connectivity index (χ2v) is 4.55. The van der Waals surface area contributed by atoms with E-state index in [4.69, 9.17) is 11.6 Å². The van der Waals surface area contributed by atoms with E-state index in [1.807, 2.05) is 0 Å². The molecule has 1 aliphatic carbocycles. The molecule has 1 aliphatic rings. The molecule has 2 rings (SSSR count). The summed E-state index contributed by atoms with van der Waals surface area (Å²) in [4.78, 5) is 11.7. The summed E-state index contributed by atoms with van der Waals surface area (Å²) in [5.41, 5.74) is 0.598. The van der Waals surface area contributed by atoms with Crippen LogP contribution in [0.1, 0.15) is 18.9 Å².